The fourth-order valence-corrected chi connectivity index (χ4v) is 4.13. The maximum atomic E-state index is 13.6. The van der Waals surface area contributed by atoms with Crippen LogP contribution < -0.4 is 9.64 Å². The third kappa shape index (κ3) is 4.35. The molecule has 162 valence electrons. The number of ether oxygens (including phenoxy) is 1. The van der Waals surface area contributed by atoms with Crippen molar-refractivity contribution in [2.75, 3.05) is 39.8 Å². The van der Waals surface area contributed by atoms with Crippen LogP contribution in [-0.2, 0) is 0 Å². The Balaban J connectivity index is 1.78. The van der Waals surface area contributed by atoms with Crippen LogP contribution in [0, 0.1) is 13.8 Å². The lowest BCUT2D eigenvalue weighted by atomic mass is 10.1. The number of nitrogens with one attached hydrogen (secondary N) is 1. The zero-order valence-electron chi connectivity index (χ0n) is 18.8. The summed E-state index contributed by atoms with van der Waals surface area (Å²) >= 11 is 0. The molecule has 31 heavy (non-hydrogen) atoms. The molecule has 3 aromatic rings. The van der Waals surface area contributed by atoms with Crippen molar-refractivity contribution in [3.63, 3.8) is 0 Å². The largest absolute Gasteiger partial charge is 0.497 e. The van der Waals surface area contributed by atoms with E-state index in [1.165, 1.54) is 0 Å². The lowest BCUT2D eigenvalue weighted by Crippen LogP contribution is -3.14. The van der Waals surface area contributed by atoms with Gasteiger partial charge in [0.05, 0.1) is 51.2 Å². The van der Waals surface area contributed by atoms with Crippen molar-refractivity contribution in [2.24, 2.45) is 0 Å². The highest BCUT2D eigenvalue weighted by atomic mass is 16.5. The van der Waals surface area contributed by atoms with Crippen LogP contribution in [0.4, 0.5) is 0 Å². The van der Waals surface area contributed by atoms with Crippen molar-refractivity contribution < 1.29 is 14.4 Å². The van der Waals surface area contributed by atoms with Gasteiger partial charge in [0.1, 0.15) is 11.4 Å². The number of hydrogen-bond donors (Lipinski definition) is 1. The number of benzene rings is 2. The highest BCUT2D eigenvalue weighted by molar-refractivity contribution is 5.94. The predicted molar refractivity (Wildman–Crippen MR) is 122 cm³/mol. The zero-order chi connectivity index (χ0) is 22.0. The van der Waals surface area contributed by atoms with Gasteiger partial charge in [0.15, 0.2) is 0 Å². The summed E-state index contributed by atoms with van der Waals surface area (Å²) in [5.41, 5.74) is 5.46. The van der Waals surface area contributed by atoms with E-state index in [1.807, 2.05) is 39.9 Å². The number of aromatic nitrogens is 2. The van der Waals surface area contributed by atoms with Gasteiger partial charge in [-0.15, -0.1) is 0 Å². The van der Waals surface area contributed by atoms with Gasteiger partial charge < -0.3 is 14.5 Å². The first kappa shape index (κ1) is 21.1. The molecule has 1 amide bonds. The number of carbonyl (C=O) groups is 1. The molecule has 6 nitrogen and oxygen atoms in total. The van der Waals surface area contributed by atoms with Crippen molar-refractivity contribution in [2.45, 2.75) is 20.8 Å². The summed E-state index contributed by atoms with van der Waals surface area (Å²) in [7, 11) is 1.65. The van der Waals surface area contributed by atoms with Crippen LogP contribution >= 0.6 is 0 Å². The van der Waals surface area contributed by atoms with Gasteiger partial charge in [0.2, 0.25) is 0 Å². The molecule has 1 aromatic heterocycles. The van der Waals surface area contributed by atoms with Crippen LogP contribution in [0.2, 0.25) is 0 Å². The van der Waals surface area contributed by atoms with E-state index in [4.69, 9.17) is 9.84 Å². The van der Waals surface area contributed by atoms with Crippen LogP contribution in [0.3, 0.4) is 0 Å². The summed E-state index contributed by atoms with van der Waals surface area (Å²) in [4.78, 5) is 17.1. The second kappa shape index (κ2) is 8.94. The number of amides is 1. The molecule has 1 saturated heterocycles. The number of piperazine rings is 1. The van der Waals surface area contributed by atoms with Gasteiger partial charge in [-0.25, -0.2) is 4.68 Å². The number of methoxy groups -OCH3 is 1. The van der Waals surface area contributed by atoms with Gasteiger partial charge in [-0.3, -0.25) is 4.79 Å². The van der Waals surface area contributed by atoms with Gasteiger partial charge in [-0.2, -0.15) is 5.10 Å². The van der Waals surface area contributed by atoms with Gasteiger partial charge in [0.25, 0.3) is 5.91 Å². The second-order valence-corrected chi connectivity index (χ2v) is 8.24. The predicted octanol–water partition coefficient (Wildman–Crippen LogP) is 2.53. The Morgan fingerprint density at radius 3 is 2.58 bits per heavy atom. The fraction of sp³-hybridized carbons (Fsp3) is 0.360. The molecular weight excluding hydrogens is 388 g/mol. The Bertz CT molecular complexity index is 1080. The van der Waals surface area contributed by atoms with Crippen molar-refractivity contribution in [3.05, 3.63) is 65.4 Å². The summed E-state index contributed by atoms with van der Waals surface area (Å²) < 4.78 is 7.20. The maximum Gasteiger partial charge on any atom is 0.273 e. The van der Waals surface area contributed by atoms with Gasteiger partial charge in [-0.1, -0.05) is 24.3 Å². The van der Waals surface area contributed by atoms with E-state index in [0.717, 1.165) is 66.5 Å². The van der Waals surface area contributed by atoms with Crippen molar-refractivity contribution in [1.29, 1.82) is 0 Å². The van der Waals surface area contributed by atoms with Crippen molar-refractivity contribution >= 4 is 5.91 Å². The number of quaternary nitrogens is 1. The standard InChI is InChI=1S/C25H30N4O2/c1-5-27-11-13-28(14-12-27)25(30)24-17-22(20-7-6-8-21(16-20)31-4)26-29(24)23-15-18(2)9-10-19(23)3/h6-10,15-17H,5,11-14H2,1-4H3/p+1. The Hall–Kier alpha value is -3.12. The molecule has 0 unspecified atom stereocenters. The molecular formula is C25H31N4O2+. The average molecular weight is 420 g/mol. The quantitative estimate of drug-likeness (QED) is 0.692. The van der Waals surface area contributed by atoms with Gasteiger partial charge in [-0.05, 0) is 56.2 Å². The zero-order valence-corrected chi connectivity index (χ0v) is 18.8. The molecule has 0 radical (unpaired) electrons. The van der Waals surface area contributed by atoms with E-state index < -0.39 is 0 Å². The molecule has 1 fully saturated rings. The van der Waals surface area contributed by atoms with E-state index in [1.54, 1.807) is 12.0 Å². The van der Waals surface area contributed by atoms with E-state index in [2.05, 4.69) is 39.0 Å². The van der Waals surface area contributed by atoms with Crippen LogP contribution in [0.5, 0.6) is 5.75 Å². The van der Waals surface area contributed by atoms with E-state index in [9.17, 15) is 4.79 Å². The second-order valence-electron chi connectivity index (χ2n) is 8.24. The van der Waals surface area contributed by atoms with Crippen molar-refractivity contribution in [1.82, 2.24) is 14.7 Å². The molecule has 1 aliphatic rings. The summed E-state index contributed by atoms with van der Waals surface area (Å²) in [5, 5.41) is 4.88. The Kier molecular flexibility index (Phi) is 6.09. The number of rotatable bonds is 5. The minimum absolute atomic E-state index is 0.0395. The lowest BCUT2D eigenvalue weighted by molar-refractivity contribution is -0.902. The van der Waals surface area contributed by atoms with Crippen molar-refractivity contribution in [3.8, 4) is 22.7 Å². The number of aryl methyl sites for hydroxylation is 2. The molecule has 0 aliphatic carbocycles. The monoisotopic (exact) mass is 419 g/mol. The molecule has 1 aliphatic heterocycles. The highest BCUT2D eigenvalue weighted by Gasteiger charge is 2.27. The minimum Gasteiger partial charge on any atom is -0.497 e. The molecule has 4 rings (SSSR count). The molecule has 0 saturated carbocycles. The fourth-order valence-electron chi connectivity index (χ4n) is 4.13. The molecule has 2 aromatic carbocycles. The summed E-state index contributed by atoms with van der Waals surface area (Å²) in [6.45, 7) is 10.9. The number of nitrogens with zero attached hydrogens (tertiary/aromatic N) is 3. The molecule has 2 heterocycles. The molecule has 6 heteroatoms. The topological polar surface area (TPSA) is 51.8 Å². The number of carbonyl (C=O) groups excluding carboxylic acids is 1. The maximum absolute atomic E-state index is 13.6. The van der Waals surface area contributed by atoms with Crippen LogP contribution in [0.25, 0.3) is 16.9 Å². The van der Waals surface area contributed by atoms with E-state index in [-0.39, 0.29) is 5.91 Å². The normalized spacial score (nSPS) is 14.6. The molecule has 0 spiro atoms. The van der Waals surface area contributed by atoms with Gasteiger partial charge >= 0.3 is 0 Å². The lowest BCUT2D eigenvalue weighted by Gasteiger charge is -2.31. The summed E-state index contributed by atoms with van der Waals surface area (Å²) in [6.07, 6.45) is 0. The smallest absolute Gasteiger partial charge is 0.273 e. The van der Waals surface area contributed by atoms with E-state index >= 15 is 0 Å². The van der Waals surface area contributed by atoms with Crippen LogP contribution in [0.15, 0.2) is 48.5 Å². The van der Waals surface area contributed by atoms with Crippen LogP contribution in [-0.4, -0.2) is 60.4 Å². The Morgan fingerprint density at radius 2 is 1.87 bits per heavy atom. The average Bonchev–Trinajstić information content (AvgIpc) is 3.25. The number of likely N-dealkylation sites (N-methyl/N-ethyl adjacent to an activating group) is 1. The Morgan fingerprint density at radius 1 is 1.10 bits per heavy atom. The van der Waals surface area contributed by atoms with E-state index in [0.29, 0.717) is 5.69 Å². The third-order valence-corrected chi connectivity index (χ3v) is 6.14. The van der Waals surface area contributed by atoms with Gasteiger partial charge in [0, 0.05) is 5.56 Å². The first-order valence-electron chi connectivity index (χ1n) is 10.9. The highest BCUT2D eigenvalue weighted by Crippen LogP contribution is 2.27. The first-order chi connectivity index (χ1) is 15.0. The SMILES string of the molecule is CC[NH+]1CCN(C(=O)c2cc(-c3cccc(OC)c3)nn2-c2cc(C)ccc2C)CC1. The minimum atomic E-state index is 0.0395. The summed E-state index contributed by atoms with van der Waals surface area (Å²) in [6, 6.07) is 16.0. The molecule has 0 atom stereocenters. The third-order valence-electron chi connectivity index (χ3n) is 6.14. The molecule has 1 N–H and O–H groups in total. The molecule has 0 bridgehead atoms. The summed E-state index contributed by atoms with van der Waals surface area (Å²) in [5.74, 6) is 0.808. The number of hydrogen-bond acceptors (Lipinski definition) is 3. The Labute approximate surface area is 184 Å². The first-order valence-corrected chi connectivity index (χ1v) is 10.9. The van der Waals surface area contributed by atoms with Crippen LogP contribution in [0.1, 0.15) is 28.5 Å².